The molecule has 0 saturated carbocycles. The van der Waals surface area contributed by atoms with Crippen molar-refractivity contribution in [3.05, 3.63) is 22.4 Å². The summed E-state index contributed by atoms with van der Waals surface area (Å²) in [4.78, 5) is 11.6. The van der Waals surface area contributed by atoms with Gasteiger partial charge in [-0.2, -0.15) is 0 Å². The number of hydrogen-bond donors (Lipinski definition) is 2. The first-order valence-electron chi connectivity index (χ1n) is 10.4. The van der Waals surface area contributed by atoms with Gasteiger partial charge in [0.15, 0.2) is 5.96 Å². The van der Waals surface area contributed by atoms with Crippen LogP contribution in [-0.2, 0) is 0 Å². The number of guanidine groups is 1. The molecule has 26 heavy (non-hydrogen) atoms. The maximum atomic E-state index is 4.97. The standard InChI is InChI=1S/C20H35N5S/c1-3-21-20(22-15-17-9-7-13-24(17)4-2)23-16-18(19-10-8-14-26-19)25-11-5-6-12-25/h8,10,14,17-18H,3-7,9,11-13,15-16H2,1-2H3,(H2,21,22,23). The van der Waals surface area contributed by atoms with E-state index < -0.39 is 0 Å². The predicted molar refractivity (Wildman–Crippen MR) is 112 cm³/mol. The number of rotatable bonds is 8. The van der Waals surface area contributed by atoms with Gasteiger partial charge in [-0.3, -0.25) is 14.8 Å². The van der Waals surface area contributed by atoms with Crippen LogP contribution in [0.3, 0.4) is 0 Å². The molecule has 1 aromatic rings. The van der Waals surface area contributed by atoms with Gasteiger partial charge in [-0.25, -0.2) is 0 Å². The second-order valence-electron chi connectivity index (χ2n) is 7.30. The van der Waals surface area contributed by atoms with E-state index in [4.69, 9.17) is 4.99 Å². The fourth-order valence-electron chi connectivity index (χ4n) is 4.20. The van der Waals surface area contributed by atoms with Gasteiger partial charge in [-0.1, -0.05) is 13.0 Å². The van der Waals surface area contributed by atoms with Crippen LogP contribution in [0.2, 0.25) is 0 Å². The van der Waals surface area contributed by atoms with Crippen molar-refractivity contribution in [3.63, 3.8) is 0 Å². The molecule has 2 saturated heterocycles. The van der Waals surface area contributed by atoms with Crippen LogP contribution in [0.5, 0.6) is 0 Å². The van der Waals surface area contributed by atoms with Gasteiger partial charge >= 0.3 is 0 Å². The number of nitrogens with one attached hydrogen (secondary N) is 2. The highest BCUT2D eigenvalue weighted by molar-refractivity contribution is 7.10. The first kappa shape index (κ1) is 19.6. The molecule has 2 aliphatic heterocycles. The van der Waals surface area contributed by atoms with Crippen molar-refractivity contribution >= 4 is 17.3 Å². The Morgan fingerprint density at radius 1 is 1.23 bits per heavy atom. The van der Waals surface area contributed by atoms with E-state index >= 15 is 0 Å². The van der Waals surface area contributed by atoms with Crippen molar-refractivity contribution in [3.8, 4) is 0 Å². The summed E-state index contributed by atoms with van der Waals surface area (Å²) in [7, 11) is 0. The van der Waals surface area contributed by atoms with E-state index in [9.17, 15) is 0 Å². The number of hydrogen-bond acceptors (Lipinski definition) is 4. The van der Waals surface area contributed by atoms with Crippen molar-refractivity contribution in [2.45, 2.75) is 51.6 Å². The topological polar surface area (TPSA) is 42.9 Å². The highest BCUT2D eigenvalue weighted by Gasteiger charge is 2.25. The molecule has 0 aromatic carbocycles. The lowest BCUT2D eigenvalue weighted by atomic mass is 10.2. The average Bonchev–Trinajstić information content (AvgIpc) is 3.42. The minimum absolute atomic E-state index is 0.423. The first-order chi connectivity index (χ1) is 12.8. The Morgan fingerprint density at radius 3 is 2.77 bits per heavy atom. The molecule has 0 spiro atoms. The Bertz CT molecular complexity index is 538. The third kappa shape index (κ3) is 5.21. The van der Waals surface area contributed by atoms with Crippen LogP contribution in [0.25, 0.3) is 0 Å². The van der Waals surface area contributed by atoms with E-state index in [-0.39, 0.29) is 0 Å². The SMILES string of the molecule is CCNC(=NCC(c1cccs1)N1CCCC1)NCC1CCCN1CC. The van der Waals surface area contributed by atoms with Crippen LogP contribution in [-0.4, -0.2) is 67.6 Å². The maximum absolute atomic E-state index is 4.97. The number of aliphatic imine (C=N–C) groups is 1. The number of nitrogens with zero attached hydrogens (tertiary/aromatic N) is 3. The molecule has 5 nitrogen and oxygen atoms in total. The molecule has 2 fully saturated rings. The van der Waals surface area contributed by atoms with Crippen molar-refractivity contribution in [1.82, 2.24) is 20.4 Å². The molecular weight excluding hydrogens is 342 g/mol. The molecule has 0 bridgehead atoms. The molecule has 0 amide bonds. The largest absolute Gasteiger partial charge is 0.357 e. The van der Waals surface area contributed by atoms with Crippen molar-refractivity contribution in [1.29, 1.82) is 0 Å². The van der Waals surface area contributed by atoms with Crippen LogP contribution < -0.4 is 10.6 Å². The van der Waals surface area contributed by atoms with Gasteiger partial charge in [0.1, 0.15) is 0 Å². The zero-order chi connectivity index (χ0) is 18.2. The molecule has 3 rings (SSSR count). The van der Waals surface area contributed by atoms with E-state index in [1.807, 2.05) is 11.3 Å². The van der Waals surface area contributed by atoms with Gasteiger partial charge in [0.2, 0.25) is 0 Å². The zero-order valence-electron chi connectivity index (χ0n) is 16.4. The normalized spacial score (nSPS) is 23.5. The van der Waals surface area contributed by atoms with E-state index in [2.05, 4.69) is 51.8 Å². The fourth-order valence-corrected chi connectivity index (χ4v) is 5.05. The molecule has 2 N–H and O–H groups in total. The van der Waals surface area contributed by atoms with Crippen molar-refractivity contribution in [2.24, 2.45) is 4.99 Å². The molecule has 146 valence electrons. The smallest absolute Gasteiger partial charge is 0.191 e. The zero-order valence-corrected chi connectivity index (χ0v) is 17.2. The van der Waals surface area contributed by atoms with Gasteiger partial charge in [0.05, 0.1) is 12.6 Å². The monoisotopic (exact) mass is 377 g/mol. The second-order valence-corrected chi connectivity index (χ2v) is 8.28. The summed E-state index contributed by atoms with van der Waals surface area (Å²) < 4.78 is 0. The molecule has 2 aliphatic rings. The summed E-state index contributed by atoms with van der Waals surface area (Å²) in [6.45, 7) is 11.9. The van der Waals surface area contributed by atoms with Crippen molar-refractivity contribution < 1.29 is 0 Å². The molecule has 1 aromatic heterocycles. The first-order valence-corrected chi connectivity index (χ1v) is 11.2. The number of likely N-dealkylation sites (tertiary alicyclic amines) is 2. The van der Waals surface area contributed by atoms with E-state index in [1.54, 1.807) is 0 Å². The van der Waals surface area contributed by atoms with Gasteiger partial charge < -0.3 is 10.6 Å². The third-order valence-electron chi connectivity index (χ3n) is 5.63. The molecule has 6 heteroatoms. The Kier molecular flexibility index (Phi) is 7.77. The number of thiophene rings is 1. The highest BCUT2D eigenvalue weighted by atomic mass is 32.1. The lowest BCUT2D eigenvalue weighted by Crippen LogP contribution is -2.45. The summed E-state index contributed by atoms with van der Waals surface area (Å²) in [5.41, 5.74) is 0. The van der Waals surface area contributed by atoms with E-state index in [0.29, 0.717) is 12.1 Å². The quantitative estimate of drug-likeness (QED) is 0.540. The Labute approximate surface area is 162 Å². The minimum Gasteiger partial charge on any atom is -0.357 e. The fraction of sp³-hybridized carbons (Fsp3) is 0.750. The summed E-state index contributed by atoms with van der Waals surface area (Å²) >= 11 is 1.86. The summed E-state index contributed by atoms with van der Waals surface area (Å²) in [6, 6.07) is 5.50. The molecule has 0 aliphatic carbocycles. The Hall–Kier alpha value is -1.11. The molecule has 2 unspecified atom stereocenters. The average molecular weight is 378 g/mol. The molecule has 3 heterocycles. The summed E-state index contributed by atoms with van der Waals surface area (Å²) in [6.07, 6.45) is 5.26. The predicted octanol–water partition coefficient (Wildman–Crippen LogP) is 2.92. The third-order valence-corrected chi connectivity index (χ3v) is 6.60. The summed E-state index contributed by atoms with van der Waals surface area (Å²) in [5, 5.41) is 9.22. The van der Waals surface area contributed by atoms with Crippen LogP contribution in [0.15, 0.2) is 22.5 Å². The van der Waals surface area contributed by atoms with Crippen molar-refractivity contribution in [2.75, 3.05) is 45.8 Å². The van der Waals surface area contributed by atoms with Gasteiger partial charge in [-0.15, -0.1) is 11.3 Å². The van der Waals surface area contributed by atoms with Crippen LogP contribution in [0.4, 0.5) is 0 Å². The number of likely N-dealkylation sites (N-methyl/N-ethyl adjacent to an activating group) is 1. The molecular formula is C20H35N5S. The highest BCUT2D eigenvalue weighted by Crippen LogP contribution is 2.28. The van der Waals surface area contributed by atoms with Crippen LogP contribution in [0.1, 0.15) is 50.4 Å². The minimum atomic E-state index is 0.423. The molecule has 0 radical (unpaired) electrons. The summed E-state index contributed by atoms with van der Waals surface area (Å²) in [5.74, 6) is 0.969. The van der Waals surface area contributed by atoms with Gasteiger partial charge in [0.25, 0.3) is 0 Å². The molecule has 2 atom stereocenters. The van der Waals surface area contributed by atoms with Gasteiger partial charge in [-0.05, 0) is 70.2 Å². The van der Waals surface area contributed by atoms with Crippen LogP contribution >= 0.6 is 11.3 Å². The lowest BCUT2D eigenvalue weighted by molar-refractivity contribution is 0.254. The lowest BCUT2D eigenvalue weighted by Gasteiger charge is -2.26. The van der Waals surface area contributed by atoms with Crippen LogP contribution in [0, 0.1) is 0 Å². The van der Waals surface area contributed by atoms with E-state index in [0.717, 1.165) is 32.1 Å². The van der Waals surface area contributed by atoms with E-state index in [1.165, 1.54) is 50.2 Å². The Balaban J connectivity index is 1.60. The maximum Gasteiger partial charge on any atom is 0.191 e. The Morgan fingerprint density at radius 2 is 2.08 bits per heavy atom. The van der Waals surface area contributed by atoms with Gasteiger partial charge in [0, 0.05) is 24.0 Å². The second kappa shape index (κ2) is 10.3.